The molecule has 0 aliphatic rings. The quantitative estimate of drug-likeness (QED) is 0.370. The van der Waals surface area contributed by atoms with Gasteiger partial charge in [-0.3, -0.25) is 0 Å². The van der Waals surface area contributed by atoms with Gasteiger partial charge in [0.05, 0.1) is 17.1 Å². The monoisotopic (exact) mass is 268 g/mol. The molecule has 0 saturated heterocycles. The van der Waals surface area contributed by atoms with E-state index in [1.54, 1.807) is 6.92 Å². The number of hydrogen-bond donors (Lipinski definition) is 1. The van der Waals surface area contributed by atoms with Crippen molar-refractivity contribution in [2.45, 2.75) is 20.8 Å². The Balaban J connectivity index is 2.87. The minimum absolute atomic E-state index is 0.586. The van der Waals surface area contributed by atoms with Crippen LogP contribution >= 0.6 is 0 Å². The van der Waals surface area contributed by atoms with E-state index in [4.69, 9.17) is 5.21 Å². The first kappa shape index (κ1) is 15.6. The number of pyridine rings is 1. The van der Waals surface area contributed by atoms with Gasteiger partial charge < -0.3 is 5.21 Å². The lowest BCUT2D eigenvalue weighted by Gasteiger charge is -2.03. The topological polar surface area (TPSA) is 45.5 Å². The van der Waals surface area contributed by atoms with E-state index in [2.05, 4.69) is 23.3 Å². The molecule has 0 aromatic carbocycles. The van der Waals surface area contributed by atoms with Crippen molar-refractivity contribution in [3.8, 4) is 0 Å². The summed E-state index contributed by atoms with van der Waals surface area (Å²) in [7, 11) is 0. The highest BCUT2D eigenvalue weighted by atomic mass is 16.4. The molecule has 104 valence electrons. The van der Waals surface area contributed by atoms with Crippen LogP contribution in [0, 0.1) is 0 Å². The van der Waals surface area contributed by atoms with E-state index in [9.17, 15) is 0 Å². The van der Waals surface area contributed by atoms with Crippen LogP contribution in [0.15, 0.2) is 60.3 Å². The minimum atomic E-state index is 0.586. The van der Waals surface area contributed by atoms with Gasteiger partial charge in [0.2, 0.25) is 0 Å². The number of oxime groups is 1. The molecule has 0 fully saturated rings. The third-order valence-corrected chi connectivity index (χ3v) is 2.88. The molecule has 0 amide bonds. The zero-order chi connectivity index (χ0) is 15.1. The van der Waals surface area contributed by atoms with Crippen molar-refractivity contribution in [3.05, 3.63) is 66.5 Å². The Morgan fingerprint density at radius 2 is 1.85 bits per heavy atom. The molecule has 1 aromatic rings. The second-order valence-electron chi connectivity index (χ2n) is 4.61. The van der Waals surface area contributed by atoms with Gasteiger partial charge in [0.25, 0.3) is 0 Å². The molecular formula is C17H20N2O. The van der Waals surface area contributed by atoms with E-state index >= 15 is 0 Å². The minimum Gasteiger partial charge on any atom is -0.411 e. The van der Waals surface area contributed by atoms with Gasteiger partial charge >= 0.3 is 0 Å². The molecule has 1 rings (SSSR count). The summed E-state index contributed by atoms with van der Waals surface area (Å²) >= 11 is 0. The summed E-state index contributed by atoms with van der Waals surface area (Å²) in [6.07, 6.45) is 5.60. The summed E-state index contributed by atoms with van der Waals surface area (Å²) in [6, 6.07) is 5.78. The molecule has 3 nitrogen and oxygen atoms in total. The lowest BCUT2D eigenvalue weighted by Crippen LogP contribution is -1.92. The van der Waals surface area contributed by atoms with E-state index in [1.165, 1.54) is 0 Å². The van der Waals surface area contributed by atoms with Crippen molar-refractivity contribution in [2.24, 2.45) is 5.16 Å². The van der Waals surface area contributed by atoms with Gasteiger partial charge in [-0.15, -0.1) is 0 Å². The van der Waals surface area contributed by atoms with Crippen LogP contribution in [0.5, 0.6) is 0 Å². The van der Waals surface area contributed by atoms with E-state index in [0.717, 1.165) is 28.1 Å². The number of rotatable bonds is 5. The summed E-state index contributed by atoms with van der Waals surface area (Å²) < 4.78 is 0. The molecule has 0 atom stereocenters. The average molecular weight is 268 g/mol. The number of allylic oxidation sites excluding steroid dienone is 6. The Hall–Kier alpha value is -2.42. The maximum absolute atomic E-state index is 8.66. The molecule has 3 heteroatoms. The van der Waals surface area contributed by atoms with Gasteiger partial charge in [0.15, 0.2) is 0 Å². The lowest BCUT2D eigenvalue weighted by atomic mass is 10.1. The first-order valence-electron chi connectivity index (χ1n) is 6.32. The Kier molecular flexibility index (Phi) is 5.66. The van der Waals surface area contributed by atoms with Crippen LogP contribution in [0.3, 0.4) is 0 Å². The van der Waals surface area contributed by atoms with E-state index in [1.807, 2.05) is 50.3 Å². The highest BCUT2D eigenvalue weighted by Gasteiger charge is 2.00. The van der Waals surface area contributed by atoms with Gasteiger partial charge in [-0.25, -0.2) is 4.98 Å². The summed E-state index contributed by atoms with van der Waals surface area (Å²) in [6.45, 7) is 13.4. The van der Waals surface area contributed by atoms with Crippen molar-refractivity contribution < 1.29 is 5.21 Å². The fourth-order valence-corrected chi connectivity index (χ4v) is 1.44. The molecule has 0 spiro atoms. The zero-order valence-electron chi connectivity index (χ0n) is 12.2. The summed E-state index contributed by atoms with van der Waals surface area (Å²) in [5.41, 5.74) is 4.90. The molecule has 1 aromatic heterocycles. The third kappa shape index (κ3) is 4.35. The fourth-order valence-electron chi connectivity index (χ4n) is 1.44. The maximum Gasteiger partial charge on any atom is 0.0793 e. The Morgan fingerprint density at radius 1 is 1.20 bits per heavy atom. The summed E-state index contributed by atoms with van der Waals surface area (Å²) in [4.78, 5) is 4.49. The van der Waals surface area contributed by atoms with Gasteiger partial charge in [0.1, 0.15) is 0 Å². The fraction of sp³-hybridized carbons (Fsp3) is 0.176. The molecule has 1 heterocycles. The smallest absolute Gasteiger partial charge is 0.0793 e. The van der Waals surface area contributed by atoms with Crippen molar-refractivity contribution in [2.75, 3.05) is 0 Å². The van der Waals surface area contributed by atoms with Crippen LogP contribution in [0.1, 0.15) is 32.2 Å². The molecule has 0 unspecified atom stereocenters. The molecule has 0 aliphatic heterocycles. The van der Waals surface area contributed by atoms with Crippen molar-refractivity contribution in [1.82, 2.24) is 4.98 Å². The average Bonchev–Trinajstić information content (AvgIpc) is 2.46. The van der Waals surface area contributed by atoms with Gasteiger partial charge in [-0.2, -0.15) is 0 Å². The predicted molar refractivity (Wildman–Crippen MR) is 85.8 cm³/mol. The molecule has 0 saturated carbocycles. The molecule has 0 bridgehead atoms. The summed E-state index contributed by atoms with van der Waals surface area (Å²) in [5, 5.41) is 11.8. The second kappa shape index (κ2) is 7.24. The van der Waals surface area contributed by atoms with Crippen LogP contribution < -0.4 is 0 Å². The van der Waals surface area contributed by atoms with Gasteiger partial charge in [0, 0.05) is 0 Å². The SMILES string of the molecule is C=C(C)c1cccc(C(=C)\C=C/C=C(C)/C(C)=N\O)n1. The third-order valence-electron chi connectivity index (χ3n) is 2.88. The first-order chi connectivity index (χ1) is 9.45. The van der Waals surface area contributed by atoms with Crippen LogP contribution in [0.2, 0.25) is 0 Å². The van der Waals surface area contributed by atoms with E-state index < -0.39 is 0 Å². The highest BCUT2D eigenvalue weighted by molar-refractivity contribution is 5.97. The highest BCUT2D eigenvalue weighted by Crippen LogP contribution is 2.15. The van der Waals surface area contributed by atoms with Crippen LogP contribution in [-0.4, -0.2) is 15.9 Å². The first-order valence-corrected chi connectivity index (χ1v) is 6.32. The lowest BCUT2D eigenvalue weighted by molar-refractivity contribution is 0.319. The number of hydrogen-bond acceptors (Lipinski definition) is 3. The van der Waals surface area contributed by atoms with E-state index in [-0.39, 0.29) is 0 Å². The Labute approximate surface area is 120 Å². The van der Waals surface area contributed by atoms with Crippen LogP contribution in [0.4, 0.5) is 0 Å². The molecular weight excluding hydrogens is 248 g/mol. The van der Waals surface area contributed by atoms with E-state index in [0.29, 0.717) is 5.71 Å². The molecule has 20 heavy (non-hydrogen) atoms. The maximum atomic E-state index is 8.66. The zero-order valence-corrected chi connectivity index (χ0v) is 12.2. The number of nitrogens with zero attached hydrogens (tertiary/aromatic N) is 2. The predicted octanol–water partition coefficient (Wildman–Crippen LogP) is 4.48. The van der Waals surface area contributed by atoms with Gasteiger partial charge in [-0.05, 0) is 49.6 Å². The molecule has 1 N–H and O–H groups in total. The Morgan fingerprint density at radius 3 is 2.45 bits per heavy atom. The molecule has 0 aliphatic carbocycles. The molecule has 0 radical (unpaired) electrons. The Bertz CT molecular complexity index is 607. The van der Waals surface area contributed by atoms with Crippen molar-refractivity contribution in [3.63, 3.8) is 0 Å². The van der Waals surface area contributed by atoms with Crippen LogP contribution in [-0.2, 0) is 0 Å². The van der Waals surface area contributed by atoms with Crippen molar-refractivity contribution >= 4 is 16.9 Å². The van der Waals surface area contributed by atoms with Crippen LogP contribution in [0.25, 0.3) is 11.1 Å². The normalized spacial score (nSPS) is 12.8. The van der Waals surface area contributed by atoms with Gasteiger partial charge in [-0.1, -0.05) is 42.6 Å². The van der Waals surface area contributed by atoms with Crippen molar-refractivity contribution in [1.29, 1.82) is 0 Å². The standard InChI is InChI=1S/C17H20N2O/c1-12(2)16-10-7-11-17(18-16)14(4)9-6-8-13(3)15(5)19-20/h6-11,20H,1,4H2,2-3,5H3/b9-6-,13-8+,19-15-. The second-order valence-corrected chi connectivity index (χ2v) is 4.61. The number of aromatic nitrogens is 1. The summed E-state index contributed by atoms with van der Waals surface area (Å²) in [5.74, 6) is 0. The largest absolute Gasteiger partial charge is 0.411 e.